The van der Waals surface area contributed by atoms with Crippen molar-refractivity contribution in [1.29, 1.82) is 5.41 Å². The molecule has 5 heterocycles. The van der Waals surface area contributed by atoms with Crippen LogP contribution in [0.2, 0.25) is 0 Å². The maximum Gasteiger partial charge on any atom is 0.327 e. The van der Waals surface area contributed by atoms with E-state index in [1.54, 1.807) is 11.8 Å². The van der Waals surface area contributed by atoms with Crippen molar-refractivity contribution in [3.8, 4) is 0 Å². The third kappa shape index (κ3) is 5.61. The number of likely N-dealkylation sites (tertiary alicyclic amines) is 1. The number of guanidine groups is 1. The average Bonchev–Trinajstić information content (AvgIpc) is 3.71. The number of aliphatic carboxylic acids is 1. The van der Waals surface area contributed by atoms with Crippen LogP contribution in [0.5, 0.6) is 0 Å². The number of carboxylic acid groups (broad SMARTS) is 1. The van der Waals surface area contributed by atoms with E-state index in [2.05, 4.69) is 31.5 Å². The number of nitrogens with two attached hydrogens (primary N) is 1. The predicted molar refractivity (Wildman–Crippen MR) is 148 cm³/mol. The van der Waals surface area contributed by atoms with Gasteiger partial charge in [0.15, 0.2) is 5.96 Å². The highest BCUT2D eigenvalue weighted by Crippen LogP contribution is 2.50. The van der Waals surface area contributed by atoms with E-state index >= 15 is 0 Å². The maximum atomic E-state index is 13.4. The van der Waals surface area contributed by atoms with Crippen molar-refractivity contribution in [1.82, 2.24) is 46.0 Å². The number of carbonyl (C=O) groups is 4. The number of hydrogen-bond donors (Lipinski definition) is 7. The van der Waals surface area contributed by atoms with E-state index in [-0.39, 0.29) is 66.1 Å². The molecule has 8 N–H and O–H groups in total. The van der Waals surface area contributed by atoms with Gasteiger partial charge in [-0.2, -0.15) is 11.8 Å². The number of nitrogens with one attached hydrogen (secondary N) is 4. The molecule has 0 aliphatic carbocycles. The maximum absolute atomic E-state index is 13.4. The number of aromatic nitrogens is 4. The fraction of sp³-hybridized carbons (Fsp3) is 0.750. The fourth-order valence-corrected chi connectivity index (χ4v) is 8.70. The van der Waals surface area contributed by atoms with E-state index in [1.807, 2.05) is 6.92 Å². The second kappa shape index (κ2) is 12.0. The Morgan fingerprint density at radius 3 is 2.74 bits per heavy atom. The second-order valence-corrected chi connectivity index (χ2v) is 13.0. The number of amides is 3. The molecule has 17 nitrogen and oxygen atoms in total. The zero-order chi connectivity index (χ0) is 30.3. The lowest BCUT2D eigenvalue weighted by Gasteiger charge is -2.48. The van der Waals surface area contributed by atoms with Crippen molar-refractivity contribution in [2.75, 3.05) is 19.7 Å². The summed E-state index contributed by atoms with van der Waals surface area (Å²) in [5, 5.41) is 46.5. The van der Waals surface area contributed by atoms with E-state index in [1.165, 1.54) is 27.7 Å². The standard InChI is InChI=1S/C24H37N11O6S/c1-10-18-17(11(2)29-16(37)7-33-9-28-31-32-33)22(39)35(18)19(23(40)41)20(10)42-14-4-15(27-5-14)21(38)34-6-12(30-24(25)26)3-13(34)8-36/h9-15,17-20,27,36H,3-8H2,1-2H3,(H,29,37)(H,40,41)(H4,25,26,30)/t10?,11?,12?,13?,14?,15?,17-,18-,19?,20?/m1/s1. The lowest BCUT2D eigenvalue weighted by molar-refractivity contribution is -0.166. The number of carbonyl (C=O) groups excluding carboxylic acids is 3. The molecule has 0 bridgehead atoms. The monoisotopic (exact) mass is 607 g/mol. The van der Waals surface area contributed by atoms with Crippen LogP contribution in [0.25, 0.3) is 0 Å². The molecule has 1 aromatic heterocycles. The highest BCUT2D eigenvalue weighted by Gasteiger charge is 2.65. The summed E-state index contributed by atoms with van der Waals surface area (Å²) in [4.78, 5) is 54.5. The Morgan fingerprint density at radius 2 is 2.10 bits per heavy atom. The normalized spacial score (nSPS) is 34.5. The molecule has 4 aliphatic heterocycles. The summed E-state index contributed by atoms with van der Waals surface area (Å²) in [7, 11) is 0. The summed E-state index contributed by atoms with van der Waals surface area (Å²) in [5.74, 6) is -2.78. The molecule has 1 aromatic rings. The molecule has 4 aliphatic rings. The minimum Gasteiger partial charge on any atom is -0.480 e. The molecule has 5 rings (SSSR count). The number of aliphatic hydroxyl groups excluding tert-OH is 1. The van der Waals surface area contributed by atoms with Gasteiger partial charge in [0.05, 0.1) is 24.6 Å². The van der Waals surface area contributed by atoms with Gasteiger partial charge in [-0.25, -0.2) is 9.48 Å². The molecule has 42 heavy (non-hydrogen) atoms. The van der Waals surface area contributed by atoms with Crippen molar-refractivity contribution in [3.05, 3.63) is 6.33 Å². The van der Waals surface area contributed by atoms with Crippen LogP contribution >= 0.6 is 11.8 Å². The highest BCUT2D eigenvalue weighted by atomic mass is 32.2. The first-order valence-corrected chi connectivity index (χ1v) is 14.9. The summed E-state index contributed by atoms with van der Waals surface area (Å²) in [6, 6.07) is -2.95. The SMILES string of the molecule is CC(NC(=O)Cn1cnnn1)[C@H]1C(=O)N2C(C(=O)O)C(SC3CNC(C(=O)N4CC(NC(=N)N)CC4CO)C3)C(C)[C@H]12. The Kier molecular flexibility index (Phi) is 8.56. The highest BCUT2D eigenvalue weighted by molar-refractivity contribution is 8.00. The first-order valence-electron chi connectivity index (χ1n) is 14.0. The number of β-lactam (4-membered cyclic amide) rings is 1. The van der Waals surface area contributed by atoms with E-state index < -0.39 is 35.3 Å². The second-order valence-electron chi connectivity index (χ2n) is 11.5. The summed E-state index contributed by atoms with van der Waals surface area (Å²) in [5.41, 5.74) is 5.44. The zero-order valence-electron chi connectivity index (χ0n) is 23.3. The van der Waals surface area contributed by atoms with Crippen LogP contribution in [0.15, 0.2) is 6.33 Å². The number of fused-ring (bicyclic) bond motifs is 1. The third-order valence-corrected chi connectivity index (χ3v) is 10.5. The molecule has 3 amide bonds. The molecule has 0 aromatic carbocycles. The smallest absolute Gasteiger partial charge is 0.327 e. The minimum atomic E-state index is -1.07. The molecule has 0 radical (unpaired) electrons. The number of tetrazole rings is 1. The summed E-state index contributed by atoms with van der Waals surface area (Å²) >= 11 is 1.49. The van der Waals surface area contributed by atoms with Gasteiger partial charge < -0.3 is 41.7 Å². The molecular formula is C24H37N11O6S. The van der Waals surface area contributed by atoms with Crippen molar-refractivity contribution in [3.63, 3.8) is 0 Å². The summed E-state index contributed by atoms with van der Waals surface area (Å²) in [6.07, 6.45) is 2.27. The van der Waals surface area contributed by atoms with Gasteiger partial charge in [0, 0.05) is 41.7 Å². The van der Waals surface area contributed by atoms with Crippen LogP contribution in [0.1, 0.15) is 26.7 Å². The molecule has 10 atom stereocenters. The lowest BCUT2D eigenvalue weighted by Crippen LogP contribution is -2.68. The Balaban J connectivity index is 1.20. The number of carboxylic acids is 1. The summed E-state index contributed by atoms with van der Waals surface area (Å²) < 4.78 is 1.27. The first-order chi connectivity index (χ1) is 20.0. The first kappa shape index (κ1) is 30.0. The van der Waals surface area contributed by atoms with Crippen LogP contribution < -0.4 is 21.7 Å². The van der Waals surface area contributed by atoms with Crippen molar-refractivity contribution in [2.24, 2.45) is 17.6 Å². The van der Waals surface area contributed by atoms with Gasteiger partial charge in [-0.1, -0.05) is 6.92 Å². The van der Waals surface area contributed by atoms with Crippen molar-refractivity contribution >= 4 is 41.4 Å². The Bertz CT molecular complexity index is 1220. The Morgan fingerprint density at radius 1 is 1.33 bits per heavy atom. The lowest BCUT2D eigenvalue weighted by atomic mass is 9.78. The fourth-order valence-electron chi connectivity index (χ4n) is 6.96. The number of hydrogen-bond acceptors (Lipinski definition) is 11. The van der Waals surface area contributed by atoms with Gasteiger partial charge in [0.2, 0.25) is 17.7 Å². The number of aliphatic hydroxyl groups is 1. The number of rotatable bonds is 10. The Hall–Kier alpha value is -3.51. The molecular weight excluding hydrogens is 570 g/mol. The Labute approximate surface area is 245 Å². The predicted octanol–water partition coefficient (Wildman–Crippen LogP) is -3.62. The van der Waals surface area contributed by atoms with Crippen LogP contribution in [-0.4, -0.2) is 136 Å². The number of thioether (sulfide) groups is 1. The van der Waals surface area contributed by atoms with E-state index in [4.69, 9.17) is 11.1 Å². The van der Waals surface area contributed by atoms with Crippen LogP contribution in [-0.2, 0) is 25.7 Å². The molecule has 4 fully saturated rings. The molecule has 0 saturated carbocycles. The third-order valence-electron chi connectivity index (χ3n) is 8.78. The van der Waals surface area contributed by atoms with Crippen molar-refractivity contribution < 1.29 is 29.4 Å². The van der Waals surface area contributed by atoms with Gasteiger partial charge in [0.25, 0.3) is 0 Å². The van der Waals surface area contributed by atoms with E-state index in [9.17, 15) is 29.4 Å². The molecule has 4 saturated heterocycles. The van der Waals surface area contributed by atoms with Crippen LogP contribution in [0.3, 0.4) is 0 Å². The number of nitrogens with zero attached hydrogens (tertiary/aromatic N) is 6. The molecule has 230 valence electrons. The quantitative estimate of drug-likeness (QED) is 0.0772. The van der Waals surface area contributed by atoms with Gasteiger partial charge >= 0.3 is 5.97 Å². The molecule has 18 heteroatoms. The van der Waals surface area contributed by atoms with Gasteiger partial charge in [-0.3, -0.25) is 19.8 Å². The van der Waals surface area contributed by atoms with Crippen LogP contribution in [0, 0.1) is 17.2 Å². The van der Waals surface area contributed by atoms with E-state index in [0.29, 0.717) is 25.9 Å². The van der Waals surface area contributed by atoms with E-state index in [0.717, 1.165) is 0 Å². The molecule has 8 unspecified atom stereocenters. The average molecular weight is 608 g/mol. The van der Waals surface area contributed by atoms with Crippen molar-refractivity contribution in [2.45, 2.75) is 80.0 Å². The van der Waals surface area contributed by atoms with Gasteiger partial charge in [-0.15, -0.1) is 5.10 Å². The summed E-state index contributed by atoms with van der Waals surface area (Å²) in [6.45, 7) is 4.20. The van der Waals surface area contributed by atoms with Gasteiger partial charge in [0.1, 0.15) is 18.9 Å². The van der Waals surface area contributed by atoms with Crippen LogP contribution in [0.4, 0.5) is 0 Å². The minimum absolute atomic E-state index is 0.0600. The molecule has 0 spiro atoms. The topological polar surface area (TPSA) is 245 Å². The largest absolute Gasteiger partial charge is 0.480 e. The zero-order valence-corrected chi connectivity index (χ0v) is 24.1. The van der Waals surface area contributed by atoms with Gasteiger partial charge in [-0.05, 0) is 36.1 Å².